The fraction of sp³-hybridized carbons (Fsp3) is 1.00. The quantitative estimate of drug-likeness (QED) is 0.568. The highest BCUT2D eigenvalue weighted by molar-refractivity contribution is 6.72. The van der Waals surface area contributed by atoms with Gasteiger partial charge in [0.2, 0.25) is 0 Å². The molecule has 1 saturated carbocycles. The summed E-state index contributed by atoms with van der Waals surface area (Å²) in [5.41, 5.74) is 0.579. The van der Waals surface area contributed by atoms with Crippen molar-refractivity contribution in [2.45, 2.75) is 78.8 Å². The summed E-state index contributed by atoms with van der Waals surface area (Å²) in [5, 5.41) is 0.0957. The van der Waals surface area contributed by atoms with E-state index in [4.69, 9.17) is 8.85 Å². The summed E-state index contributed by atoms with van der Waals surface area (Å²) in [6, 6.07) is 0. The van der Waals surface area contributed by atoms with E-state index in [0.29, 0.717) is 29.2 Å². The molecule has 0 spiro atoms. The van der Waals surface area contributed by atoms with E-state index in [0.717, 1.165) is 5.92 Å². The lowest BCUT2D eigenvalue weighted by molar-refractivity contribution is 0.115. The first kappa shape index (κ1) is 20.2. The Bertz CT molecular complexity index is 337. The van der Waals surface area contributed by atoms with Gasteiger partial charge in [-0.3, -0.25) is 0 Å². The molecule has 0 aromatic carbocycles. The van der Waals surface area contributed by atoms with Crippen molar-refractivity contribution < 1.29 is 8.85 Å². The maximum Gasteiger partial charge on any atom is 0.347 e. The standard InChI is InChI=1S/C19H40O2Si/c1-13(2)17(6)19(7,8)22(20-9,21-10)18-15(4)11-14(3)12-16(18)5/h13-18H,11-12H2,1-10H3. The molecule has 3 heteroatoms. The number of hydrogen-bond donors (Lipinski definition) is 0. The van der Waals surface area contributed by atoms with Gasteiger partial charge in [-0.25, -0.2) is 0 Å². The van der Waals surface area contributed by atoms with Crippen molar-refractivity contribution in [3.63, 3.8) is 0 Å². The van der Waals surface area contributed by atoms with Crippen molar-refractivity contribution in [1.29, 1.82) is 0 Å². The van der Waals surface area contributed by atoms with Gasteiger partial charge in [0.1, 0.15) is 0 Å². The van der Waals surface area contributed by atoms with Crippen LogP contribution in [0.5, 0.6) is 0 Å². The summed E-state index contributed by atoms with van der Waals surface area (Å²) in [6.07, 6.45) is 2.62. The summed E-state index contributed by atoms with van der Waals surface area (Å²) in [7, 11) is 1.46. The van der Waals surface area contributed by atoms with E-state index in [1.165, 1.54) is 12.8 Å². The maximum absolute atomic E-state index is 6.36. The van der Waals surface area contributed by atoms with Crippen LogP contribution < -0.4 is 0 Å². The lowest BCUT2D eigenvalue weighted by atomic mass is 9.77. The molecule has 1 rings (SSSR count). The molecule has 2 nitrogen and oxygen atoms in total. The fourth-order valence-electron chi connectivity index (χ4n) is 5.43. The first-order valence-electron chi connectivity index (χ1n) is 9.15. The molecule has 0 saturated heterocycles. The highest BCUT2D eigenvalue weighted by atomic mass is 28.4. The lowest BCUT2D eigenvalue weighted by Crippen LogP contribution is -2.60. The molecule has 132 valence electrons. The number of hydrogen-bond acceptors (Lipinski definition) is 2. The van der Waals surface area contributed by atoms with E-state index in [9.17, 15) is 0 Å². The topological polar surface area (TPSA) is 18.5 Å². The van der Waals surface area contributed by atoms with Crippen LogP contribution in [-0.2, 0) is 8.85 Å². The van der Waals surface area contributed by atoms with E-state index in [2.05, 4.69) is 55.4 Å². The van der Waals surface area contributed by atoms with Crippen molar-refractivity contribution >= 4 is 8.56 Å². The average molecular weight is 329 g/mol. The molecular weight excluding hydrogens is 288 g/mol. The van der Waals surface area contributed by atoms with Gasteiger partial charge in [-0.05, 0) is 42.4 Å². The van der Waals surface area contributed by atoms with Crippen LogP contribution in [0.3, 0.4) is 0 Å². The molecule has 0 N–H and O–H groups in total. The Kier molecular flexibility index (Phi) is 6.75. The molecule has 0 heterocycles. The molecule has 0 bridgehead atoms. The van der Waals surface area contributed by atoms with Gasteiger partial charge in [-0.2, -0.15) is 0 Å². The second kappa shape index (κ2) is 7.35. The normalized spacial score (nSPS) is 32.3. The van der Waals surface area contributed by atoms with Crippen molar-refractivity contribution in [3.8, 4) is 0 Å². The van der Waals surface area contributed by atoms with E-state index < -0.39 is 8.56 Å². The van der Waals surface area contributed by atoms with Crippen LogP contribution in [0.1, 0.15) is 68.2 Å². The van der Waals surface area contributed by atoms with E-state index >= 15 is 0 Å². The Morgan fingerprint density at radius 2 is 1.32 bits per heavy atom. The third kappa shape index (κ3) is 3.32. The van der Waals surface area contributed by atoms with E-state index in [1.54, 1.807) is 0 Å². The molecule has 3 atom stereocenters. The first-order valence-corrected chi connectivity index (χ1v) is 11.0. The summed E-state index contributed by atoms with van der Waals surface area (Å²) in [4.78, 5) is 0. The van der Waals surface area contributed by atoms with E-state index in [1.807, 2.05) is 14.2 Å². The Balaban J connectivity index is 3.30. The van der Waals surface area contributed by atoms with Crippen LogP contribution in [0.2, 0.25) is 10.6 Å². The zero-order chi connectivity index (χ0) is 17.3. The zero-order valence-corrected chi connectivity index (χ0v) is 17.7. The van der Waals surface area contributed by atoms with Gasteiger partial charge in [0.15, 0.2) is 0 Å². The van der Waals surface area contributed by atoms with Crippen molar-refractivity contribution in [2.24, 2.45) is 29.6 Å². The average Bonchev–Trinajstić information content (AvgIpc) is 2.41. The molecule has 0 amide bonds. The molecule has 0 radical (unpaired) electrons. The third-order valence-electron chi connectivity index (χ3n) is 6.86. The third-order valence-corrected chi connectivity index (χ3v) is 12.3. The van der Waals surface area contributed by atoms with Crippen LogP contribution in [0.15, 0.2) is 0 Å². The van der Waals surface area contributed by atoms with Gasteiger partial charge >= 0.3 is 8.56 Å². The van der Waals surface area contributed by atoms with Crippen LogP contribution in [0, 0.1) is 29.6 Å². The van der Waals surface area contributed by atoms with E-state index in [-0.39, 0.29) is 5.04 Å². The summed E-state index contributed by atoms with van der Waals surface area (Å²) in [6.45, 7) is 19.1. The molecule has 1 aliphatic rings. The van der Waals surface area contributed by atoms with Gasteiger partial charge in [0.25, 0.3) is 0 Å². The molecular formula is C19H40O2Si. The fourth-order valence-corrected chi connectivity index (χ4v) is 10.8. The highest BCUT2D eigenvalue weighted by Gasteiger charge is 2.62. The van der Waals surface area contributed by atoms with Crippen LogP contribution >= 0.6 is 0 Å². The Morgan fingerprint density at radius 3 is 1.64 bits per heavy atom. The summed E-state index contributed by atoms with van der Waals surface area (Å²) >= 11 is 0. The monoisotopic (exact) mass is 328 g/mol. The van der Waals surface area contributed by atoms with Crippen LogP contribution in [0.25, 0.3) is 0 Å². The van der Waals surface area contributed by atoms with Gasteiger partial charge < -0.3 is 8.85 Å². The molecule has 22 heavy (non-hydrogen) atoms. The minimum Gasteiger partial charge on any atom is -0.397 e. The number of rotatable bonds is 6. The van der Waals surface area contributed by atoms with Crippen molar-refractivity contribution in [2.75, 3.05) is 14.2 Å². The largest absolute Gasteiger partial charge is 0.397 e. The Labute approximate surface area is 140 Å². The first-order chi connectivity index (χ1) is 10.0. The minimum absolute atomic E-state index is 0.0957. The lowest BCUT2D eigenvalue weighted by Gasteiger charge is -2.54. The molecule has 0 aliphatic heterocycles. The maximum atomic E-state index is 6.36. The second-order valence-corrected chi connectivity index (χ2v) is 13.0. The zero-order valence-electron chi connectivity index (χ0n) is 16.7. The van der Waals surface area contributed by atoms with Crippen molar-refractivity contribution in [1.82, 2.24) is 0 Å². The molecule has 0 aromatic heterocycles. The van der Waals surface area contributed by atoms with Crippen molar-refractivity contribution in [3.05, 3.63) is 0 Å². The SMILES string of the molecule is CO[Si](OC)(C1C(C)CC(C)CC1C)C(C)(C)C(C)C(C)C. The van der Waals surface area contributed by atoms with Crippen LogP contribution in [0.4, 0.5) is 0 Å². The molecule has 1 aliphatic carbocycles. The smallest absolute Gasteiger partial charge is 0.347 e. The summed E-state index contributed by atoms with van der Waals surface area (Å²) < 4.78 is 12.7. The summed E-state index contributed by atoms with van der Waals surface area (Å²) in [5.74, 6) is 3.42. The Hall–Kier alpha value is 0.137. The predicted molar refractivity (Wildman–Crippen MR) is 98.3 cm³/mol. The van der Waals surface area contributed by atoms with Gasteiger partial charge in [0.05, 0.1) is 0 Å². The van der Waals surface area contributed by atoms with Gasteiger partial charge in [-0.1, -0.05) is 55.4 Å². The highest BCUT2D eigenvalue weighted by Crippen LogP contribution is 2.59. The minimum atomic E-state index is -2.35. The predicted octanol–water partition coefficient (Wildman–Crippen LogP) is 5.87. The molecule has 0 aromatic rings. The van der Waals surface area contributed by atoms with Crippen LogP contribution in [-0.4, -0.2) is 22.8 Å². The Morgan fingerprint density at radius 1 is 0.909 bits per heavy atom. The molecule has 1 fully saturated rings. The second-order valence-electron chi connectivity index (χ2n) is 8.89. The van der Waals surface area contributed by atoms with Gasteiger partial charge in [0, 0.05) is 24.8 Å². The molecule has 3 unspecified atom stereocenters. The van der Waals surface area contributed by atoms with Gasteiger partial charge in [-0.15, -0.1) is 0 Å².